The summed E-state index contributed by atoms with van der Waals surface area (Å²) in [5.74, 6) is 5.64. The van der Waals surface area contributed by atoms with Gasteiger partial charge >= 0.3 is 0 Å². The second kappa shape index (κ2) is 38.4. The number of hydrogen-bond acceptors (Lipinski definition) is 46. The van der Waals surface area contributed by atoms with Gasteiger partial charge in [-0.25, -0.2) is 29.9 Å². The lowest BCUT2D eigenvalue weighted by Crippen LogP contribution is -2.16. The largest absolute Gasteiger partial charge is 0.790 e. The van der Waals surface area contributed by atoms with E-state index >= 15 is 0 Å². The van der Waals surface area contributed by atoms with Crippen LogP contribution in [0.15, 0.2) is 76.1 Å². The van der Waals surface area contributed by atoms with E-state index in [1.54, 1.807) is 12.3 Å². The number of hydrogen-bond donors (Lipinski definition) is 8. The molecule has 0 aliphatic carbocycles. The van der Waals surface area contributed by atoms with Gasteiger partial charge in [-0.05, 0) is 41.5 Å². The summed E-state index contributed by atoms with van der Waals surface area (Å²) >= 11 is 2.32. The highest BCUT2D eigenvalue weighted by atomic mass is 32.1. The lowest BCUT2D eigenvalue weighted by molar-refractivity contribution is -0.344. The molecule has 6 rings (SSSR count). The molecule has 46 nitrogen and oxygen atoms in total. The molecule has 54 heteroatoms. The normalized spacial score (nSPS) is 13.1. The molecule has 0 aliphatic rings. The standard InChI is InChI=1S/2C6H10N3O5P.C6H10N3O4PS.2C6H9N2O6P.C6H9N2O5PS/c2*1-4(9-10)6-7-2-5(8-6)3-14-15(11,12)13;1-4(9-7)6-8-5(3-15-6)2-13-14(10,11)12;1-4(8-9)6-7-5(2-13-6)3-14-15(10,11)12;1-4(8-9)6-7-2-5(14-6)3-13-15(10,11)12;1-4(8-9)6-7-2-5(15-6)3-13-14(10,11)12/h2*2,10H,3H2,1H3,(H,7,8)(H2,11,12,13);3H,2,7H2,1H3,(H2,10,11,12);3*2,9H,3H2,1H3,(H2,10,11,12)/p-12/b3*9-4+;3*8-4+. The minimum absolute atomic E-state index is 0.0164. The second-order valence-electron chi connectivity index (χ2n) is 15.5. The summed E-state index contributed by atoms with van der Waals surface area (Å²) in [6.45, 7) is 6.47. The number of phosphoric acid groups is 6. The quantitative estimate of drug-likeness (QED) is 0.00927. The van der Waals surface area contributed by atoms with E-state index in [9.17, 15) is 86.1 Å². The van der Waals surface area contributed by atoms with Crippen molar-refractivity contribution in [1.82, 2.24) is 39.9 Å². The van der Waals surface area contributed by atoms with E-state index in [0.717, 1.165) is 17.6 Å². The highest BCUT2D eigenvalue weighted by Crippen LogP contribution is 2.31. The number of rotatable bonds is 24. The fraction of sp³-hybridized carbons (Fsp3) is 0.333. The van der Waals surface area contributed by atoms with Gasteiger partial charge in [-0.3, -0.25) is 0 Å². The predicted molar refractivity (Wildman–Crippen MR) is 275 cm³/mol. The molecule has 0 bridgehead atoms. The van der Waals surface area contributed by atoms with Gasteiger partial charge < -0.3 is 164 Å². The topological polar surface area (TPSA) is 771 Å². The molecule has 6 aromatic heterocycles. The number of nitrogens with two attached hydrogens (primary N) is 1. The van der Waals surface area contributed by atoms with Crippen LogP contribution in [0, 0.1) is 0 Å². The number of aromatic nitrogens is 8. The first-order valence-corrected chi connectivity index (χ1v) is 33.0. The van der Waals surface area contributed by atoms with Gasteiger partial charge in [0, 0.05) is 11.6 Å². The molecule has 6 heterocycles. The molecule has 0 aromatic carbocycles. The summed E-state index contributed by atoms with van der Waals surface area (Å²) in [6.07, 6.45) is 6.17. The average molecular weight is 1430 g/mol. The molecule has 0 radical (unpaired) electrons. The third-order valence-electron chi connectivity index (χ3n) is 8.56. The molecular weight excluding hydrogens is 1390 g/mol. The summed E-state index contributed by atoms with van der Waals surface area (Å²) < 4.78 is 94.7. The Morgan fingerprint density at radius 3 is 1.33 bits per heavy atom. The molecule has 90 heavy (non-hydrogen) atoms. The van der Waals surface area contributed by atoms with Crippen molar-refractivity contribution >= 4 is 104 Å². The van der Waals surface area contributed by atoms with Crippen LogP contribution in [0.4, 0.5) is 0 Å². The van der Waals surface area contributed by atoms with E-state index in [1.807, 2.05) is 0 Å². The van der Waals surface area contributed by atoms with Gasteiger partial charge in [-0.2, -0.15) is 5.10 Å². The molecule has 0 saturated carbocycles. The summed E-state index contributed by atoms with van der Waals surface area (Å²) in [4.78, 5) is 150. The Kier molecular flexibility index (Phi) is 34.8. The number of hydrazone groups is 1. The summed E-state index contributed by atoms with van der Waals surface area (Å²) in [5.41, 5.74) is 2.58. The van der Waals surface area contributed by atoms with Crippen molar-refractivity contribution in [2.45, 2.75) is 81.2 Å². The number of aromatic amines is 2. The van der Waals surface area contributed by atoms with Crippen LogP contribution in [0.5, 0.6) is 0 Å². The number of nitrogens with one attached hydrogen (secondary N) is 2. The highest BCUT2D eigenvalue weighted by Gasteiger charge is 2.12. The Hall–Kier alpha value is -6.42. The van der Waals surface area contributed by atoms with Crippen molar-refractivity contribution in [2.24, 2.45) is 36.7 Å². The smallest absolute Gasteiger partial charge is 0.244 e. The molecule has 0 spiro atoms. The van der Waals surface area contributed by atoms with Crippen LogP contribution in [-0.2, 0) is 94.2 Å². The van der Waals surface area contributed by atoms with Gasteiger partial charge in [0.2, 0.25) is 11.8 Å². The first-order chi connectivity index (χ1) is 41.5. The van der Waals surface area contributed by atoms with Gasteiger partial charge in [0.25, 0.3) is 0 Å². The van der Waals surface area contributed by atoms with Gasteiger partial charge in [0.05, 0.1) is 126 Å². The summed E-state index contributed by atoms with van der Waals surface area (Å²) in [5, 5.41) is 62.3. The monoisotopic (exact) mass is 1430 g/mol. The van der Waals surface area contributed by atoms with Crippen LogP contribution in [0.25, 0.3) is 0 Å². The predicted octanol–water partition coefficient (Wildman–Crippen LogP) is -4.80. The van der Waals surface area contributed by atoms with E-state index in [-0.39, 0.29) is 70.9 Å². The third kappa shape index (κ3) is 37.0. The van der Waals surface area contributed by atoms with Gasteiger partial charge in [-0.1, -0.05) is 25.8 Å². The Balaban J connectivity index is 0.000000540. The zero-order chi connectivity index (χ0) is 68.8. The average Bonchev–Trinajstić information content (AvgIpc) is 2.65. The zero-order valence-corrected chi connectivity index (χ0v) is 53.0. The highest BCUT2D eigenvalue weighted by molar-refractivity contribution is 7.44. The Morgan fingerprint density at radius 1 is 0.489 bits per heavy atom. The number of oxime groups is 5. The molecular formula is C36H45N15O31P6S2-12. The van der Waals surface area contributed by atoms with Crippen molar-refractivity contribution in [2.75, 3.05) is 0 Å². The molecule has 0 aliphatic heterocycles. The van der Waals surface area contributed by atoms with E-state index in [0.29, 0.717) is 43.4 Å². The number of phosphoric ester groups is 6. The first-order valence-electron chi connectivity index (χ1n) is 22.6. The van der Waals surface area contributed by atoms with Crippen molar-refractivity contribution in [3.8, 4) is 0 Å². The van der Waals surface area contributed by atoms with Crippen molar-refractivity contribution < 1.29 is 148 Å². The maximum absolute atomic E-state index is 10.2. The molecule has 0 saturated heterocycles. The van der Waals surface area contributed by atoms with Crippen LogP contribution >= 0.6 is 69.6 Å². The van der Waals surface area contributed by atoms with Crippen LogP contribution in [0.3, 0.4) is 0 Å². The van der Waals surface area contributed by atoms with E-state index in [2.05, 4.69) is 97.9 Å². The zero-order valence-electron chi connectivity index (χ0n) is 46.0. The van der Waals surface area contributed by atoms with Crippen LogP contribution in [0.2, 0.25) is 0 Å². The van der Waals surface area contributed by atoms with Crippen molar-refractivity contribution in [3.63, 3.8) is 0 Å². The van der Waals surface area contributed by atoms with Crippen molar-refractivity contribution in [1.29, 1.82) is 0 Å². The number of oxazole rings is 2. The fourth-order valence-corrected chi connectivity index (χ4v) is 7.92. The molecule has 6 aromatic rings. The number of imidazole rings is 2. The van der Waals surface area contributed by atoms with Gasteiger partial charge in [-0.15, -0.1) is 22.7 Å². The van der Waals surface area contributed by atoms with Crippen LogP contribution in [0.1, 0.15) is 108 Å². The van der Waals surface area contributed by atoms with E-state index < -0.39 is 73.4 Å². The minimum Gasteiger partial charge on any atom is -0.790 e. The Labute approximate surface area is 511 Å². The second-order valence-corrected chi connectivity index (χ2v) is 24.4. The van der Waals surface area contributed by atoms with E-state index in [4.69, 9.17) is 40.7 Å². The molecule has 504 valence electrons. The molecule has 0 unspecified atom stereocenters. The summed E-state index contributed by atoms with van der Waals surface area (Å²) in [7, 11) is -29.9. The molecule has 9 N–H and O–H groups in total. The SMILES string of the molecule is C/C(=N\N)c1nc(COP(=O)([O-])[O-])cs1.C/C(=N\O)c1nc(COP(=O)([O-])[O-])co1.C/C(=N\O)c1ncc(COP(=O)([O-])[O-])[nH]1.C/C(=N\O)c1ncc(COP(=O)([O-])[O-])[nH]1.C/C(=N\O)c1ncc(COP(=O)([O-])[O-])o1.C/C(=N\O)c1ncc(COP(=O)([O-])[O-])s1. The first kappa shape index (κ1) is 81.6. The lowest BCUT2D eigenvalue weighted by atomic mass is 10.4. The molecule has 0 atom stereocenters. The lowest BCUT2D eigenvalue weighted by Gasteiger charge is -2.28. The van der Waals surface area contributed by atoms with Gasteiger partial charge in [0.15, 0.2) is 17.4 Å². The van der Waals surface area contributed by atoms with E-state index in [1.165, 1.54) is 70.7 Å². The number of thiazole rings is 2. The minimum atomic E-state index is -5.02. The Morgan fingerprint density at radius 2 is 0.900 bits per heavy atom. The Bertz CT molecular complexity index is 3070. The van der Waals surface area contributed by atoms with Crippen LogP contribution in [-0.4, -0.2) is 100 Å². The number of nitrogens with zero attached hydrogens (tertiary/aromatic N) is 12. The maximum atomic E-state index is 10.2. The summed E-state index contributed by atoms with van der Waals surface area (Å²) in [6, 6.07) is 0. The van der Waals surface area contributed by atoms with Gasteiger partial charge in [0.1, 0.15) is 57.1 Å². The third-order valence-corrected chi connectivity index (χ3v) is 13.3. The van der Waals surface area contributed by atoms with Crippen molar-refractivity contribution in [3.05, 3.63) is 103 Å². The van der Waals surface area contributed by atoms with Crippen LogP contribution < -0.4 is 64.6 Å². The number of H-pyrrole nitrogens is 2. The maximum Gasteiger partial charge on any atom is 0.244 e. The molecule has 0 amide bonds. The molecule has 0 fully saturated rings. The fourth-order valence-electron chi connectivity index (χ4n) is 4.55.